The van der Waals surface area contributed by atoms with Gasteiger partial charge in [0.05, 0.1) is 7.11 Å². The summed E-state index contributed by atoms with van der Waals surface area (Å²) < 4.78 is 5.07. The van der Waals surface area contributed by atoms with Gasteiger partial charge < -0.3 is 14.5 Å². The molecule has 15 heavy (non-hydrogen) atoms. The Hall–Kier alpha value is -1.23. The Kier molecular flexibility index (Phi) is 1.88. The number of aromatic nitrogens is 2. The Bertz CT molecular complexity index is 370. The highest BCUT2D eigenvalue weighted by atomic mass is 35.5. The van der Waals surface area contributed by atoms with Crippen LogP contribution < -0.4 is 14.5 Å². The van der Waals surface area contributed by atoms with Gasteiger partial charge in [-0.25, -0.2) is 0 Å². The molecule has 1 aromatic rings. The first kappa shape index (κ1) is 9.03. The van der Waals surface area contributed by atoms with E-state index in [1.165, 1.54) is 0 Å². The quantitative estimate of drug-likeness (QED) is 0.713. The maximum Gasteiger partial charge on any atom is 0.320 e. The normalized spacial score (nSPS) is 18.0. The second kappa shape index (κ2) is 3.13. The lowest BCUT2D eigenvalue weighted by Crippen LogP contribution is -2.05. The number of halogens is 1. The van der Waals surface area contributed by atoms with E-state index in [0.717, 1.165) is 37.8 Å². The molecule has 0 bridgehead atoms. The Morgan fingerprint density at radius 3 is 1.87 bits per heavy atom. The van der Waals surface area contributed by atoms with E-state index in [9.17, 15) is 0 Å². The van der Waals surface area contributed by atoms with Crippen LogP contribution >= 0.6 is 11.6 Å². The van der Waals surface area contributed by atoms with Gasteiger partial charge in [0.1, 0.15) is 5.02 Å². The van der Waals surface area contributed by atoms with E-state index in [4.69, 9.17) is 16.3 Å². The van der Waals surface area contributed by atoms with Crippen LogP contribution in [0.1, 0.15) is 0 Å². The zero-order valence-corrected chi connectivity index (χ0v) is 9.16. The second-order valence-corrected chi connectivity index (χ2v) is 4.02. The summed E-state index contributed by atoms with van der Waals surface area (Å²) in [6.45, 7) is 4.05. The first-order valence-electron chi connectivity index (χ1n) is 4.91. The summed E-state index contributed by atoms with van der Waals surface area (Å²) in [4.78, 5) is 12.7. The van der Waals surface area contributed by atoms with Crippen molar-refractivity contribution < 1.29 is 4.74 Å². The minimum atomic E-state index is 0.392. The van der Waals surface area contributed by atoms with Gasteiger partial charge in [0.15, 0.2) is 11.6 Å². The van der Waals surface area contributed by atoms with Crippen LogP contribution in [0.15, 0.2) is 0 Å². The van der Waals surface area contributed by atoms with Crippen LogP contribution in [-0.4, -0.2) is 43.3 Å². The molecule has 0 aliphatic carbocycles. The molecule has 0 spiro atoms. The lowest BCUT2D eigenvalue weighted by molar-refractivity contribution is 0.380. The number of ether oxygens (including phenoxy) is 1. The Morgan fingerprint density at radius 1 is 1.07 bits per heavy atom. The standard InChI is InChI=1S/C9H11ClN4O/c1-15-9-11-7(13-2-3-13)6(10)8(12-9)14-4-5-14/h2-5H2,1H3. The first-order valence-corrected chi connectivity index (χ1v) is 5.29. The number of rotatable bonds is 3. The molecule has 2 fully saturated rings. The van der Waals surface area contributed by atoms with Crippen LogP contribution in [0.2, 0.25) is 5.02 Å². The van der Waals surface area contributed by atoms with Gasteiger partial charge in [-0.15, -0.1) is 0 Å². The van der Waals surface area contributed by atoms with Crippen LogP contribution in [0.5, 0.6) is 6.01 Å². The topological polar surface area (TPSA) is 41.0 Å². The van der Waals surface area contributed by atoms with Crippen molar-refractivity contribution in [2.24, 2.45) is 0 Å². The summed E-state index contributed by atoms with van der Waals surface area (Å²) in [5.41, 5.74) is 0. The van der Waals surface area contributed by atoms with E-state index in [0.29, 0.717) is 11.0 Å². The number of methoxy groups -OCH3 is 1. The maximum atomic E-state index is 6.24. The van der Waals surface area contributed by atoms with Gasteiger partial charge in [0.25, 0.3) is 0 Å². The van der Waals surface area contributed by atoms with E-state index < -0.39 is 0 Å². The highest BCUT2D eigenvalue weighted by Crippen LogP contribution is 2.38. The highest BCUT2D eigenvalue weighted by molar-refractivity contribution is 6.35. The molecule has 0 N–H and O–H groups in total. The monoisotopic (exact) mass is 226 g/mol. The molecule has 0 radical (unpaired) electrons. The molecule has 2 aliphatic heterocycles. The van der Waals surface area contributed by atoms with E-state index in [1.54, 1.807) is 7.11 Å². The van der Waals surface area contributed by atoms with Crippen molar-refractivity contribution in [3.05, 3.63) is 5.02 Å². The first-order chi connectivity index (χ1) is 7.29. The van der Waals surface area contributed by atoms with Gasteiger partial charge in [0.2, 0.25) is 0 Å². The largest absolute Gasteiger partial charge is 0.467 e. The van der Waals surface area contributed by atoms with E-state index >= 15 is 0 Å². The Balaban J connectivity index is 2.07. The fourth-order valence-corrected chi connectivity index (χ4v) is 1.76. The van der Waals surface area contributed by atoms with Crippen molar-refractivity contribution in [1.82, 2.24) is 9.97 Å². The van der Waals surface area contributed by atoms with Crippen molar-refractivity contribution >= 4 is 23.2 Å². The smallest absolute Gasteiger partial charge is 0.320 e. The van der Waals surface area contributed by atoms with Gasteiger partial charge in [-0.3, -0.25) is 0 Å². The van der Waals surface area contributed by atoms with Crippen LogP contribution in [0, 0.1) is 0 Å². The van der Waals surface area contributed by atoms with E-state index in [2.05, 4.69) is 19.8 Å². The molecule has 3 rings (SSSR count). The van der Waals surface area contributed by atoms with Gasteiger partial charge in [-0.1, -0.05) is 11.6 Å². The van der Waals surface area contributed by atoms with Crippen LogP contribution in [0.4, 0.5) is 11.6 Å². The summed E-state index contributed by atoms with van der Waals surface area (Å²) in [5, 5.41) is 0.644. The highest BCUT2D eigenvalue weighted by Gasteiger charge is 2.30. The van der Waals surface area contributed by atoms with Crippen molar-refractivity contribution in [3.8, 4) is 6.01 Å². The number of hydrogen-bond donors (Lipinski definition) is 0. The molecule has 0 amide bonds. The van der Waals surface area contributed by atoms with Crippen molar-refractivity contribution in [2.45, 2.75) is 0 Å². The average molecular weight is 227 g/mol. The van der Waals surface area contributed by atoms with Crippen molar-refractivity contribution in [1.29, 1.82) is 0 Å². The molecular formula is C9H11ClN4O. The lowest BCUT2D eigenvalue weighted by Gasteiger charge is -2.11. The van der Waals surface area contributed by atoms with Crippen LogP contribution in [0.3, 0.4) is 0 Å². The van der Waals surface area contributed by atoms with Gasteiger partial charge >= 0.3 is 6.01 Å². The molecule has 0 aromatic carbocycles. The third-order valence-corrected chi connectivity index (χ3v) is 2.81. The molecular weight excluding hydrogens is 216 g/mol. The summed E-state index contributed by atoms with van der Waals surface area (Å²) in [6.07, 6.45) is 0. The maximum absolute atomic E-state index is 6.24. The zero-order valence-electron chi connectivity index (χ0n) is 8.40. The second-order valence-electron chi connectivity index (χ2n) is 3.65. The van der Waals surface area contributed by atoms with Gasteiger partial charge in [-0.2, -0.15) is 9.97 Å². The molecule has 0 atom stereocenters. The fraction of sp³-hybridized carbons (Fsp3) is 0.556. The molecule has 2 aliphatic rings. The SMILES string of the molecule is COc1nc(N2CC2)c(Cl)c(N2CC2)n1. The predicted molar refractivity (Wildman–Crippen MR) is 58.0 cm³/mol. The summed E-state index contributed by atoms with van der Waals surface area (Å²) in [5.74, 6) is 1.59. The van der Waals surface area contributed by atoms with Crippen molar-refractivity contribution in [2.75, 3.05) is 43.1 Å². The molecule has 3 heterocycles. The number of nitrogens with zero attached hydrogens (tertiary/aromatic N) is 4. The van der Waals surface area contributed by atoms with Crippen molar-refractivity contribution in [3.63, 3.8) is 0 Å². The number of anilines is 2. The zero-order chi connectivity index (χ0) is 10.4. The molecule has 2 saturated heterocycles. The molecule has 1 aromatic heterocycles. The summed E-state index contributed by atoms with van der Waals surface area (Å²) >= 11 is 6.24. The summed E-state index contributed by atoms with van der Waals surface area (Å²) in [7, 11) is 1.57. The van der Waals surface area contributed by atoms with Gasteiger partial charge in [-0.05, 0) is 0 Å². The number of hydrogen-bond acceptors (Lipinski definition) is 5. The van der Waals surface area contributed by atoms with E-state index in [-0.39, 0.29) is 0 Å². The Morgan fingerprint density at radius 2 is 1.53 bits per heavy atom. The minimum Gasteiger partial charge on any atom is -0.467 e. The van der Waals surface area contributed by atoms with Crippen LogP contribution in [-0.2, 0) is 0 Å². The molecule has 80 valence electrons. The third kappa shape index (κ3) is 1.56. The predicted octanol–water partition coefficient (Wildman–Crippen LogP) is 0.779. The van der Waals surface area contributed by atoms with Crippen LogP contribution in [0.25, 0.3) is 0 Å². The molecule has 0 unspecified atom stereocenters. The Labute approximate surface area is 92.6 Å². The minimum absolute atomic E-state index is 0.392. The third-order valence-electron chi connectivity index (χ3n) is 2.47. The molecule has 0 saturated carbocycles. The van der Waals surface area contributed by atoms with E-state index in [1.807, 2.05) is 0 Å². The fourth-order valence-electron chi connectivity index (χ4n) is 1.44. The summed E-state index contributed by atoms with van der Waals surface area (Å²) in [6, 6.07) is 0.392. The van der Waals surface area contributed by atoms with Gasteiger partial charge in [0, 0.05) is 26.2 Å². The molecule has 5 nitrogen and oxygen atoms in total. The molecule has 6 heteroatoms. The average Bonchev–Trinajstić information content (AvgIpc) is 3.10. The lowest BCUT2D eigenvalue weighted by atomic mass is 10.5.